The van der Waals surface area contributed by atoms with E-state index in [-0.39, 0.29) is 36.5 Å². The minimum Gasteiger partial charge on any atom is -0.349 e. The summed E-state index contributed by atoms with van der Waals surface area (Å²) < 4.78 is 1.76. The van der Waals surface area contributed by atoms with Crippen LogP contribution in [0.2, 0.25) is 0 Å². The van der Waals surface area contributed by atoms with Crippen molar-refractivity contribution >= 4 is 23.2 Å². The topological polar surface area (TPSA) is 119 Å². The zero-order valence-corrected chi connectivity index (χ0v) is 18.5. The lowest BCUT2D eigenvalue weighted by Gasteiger charge is -2.27. The highest BCUT2D eigenvalue weighted by Crippen LogP contribution is 2.30. The van der Waals surface area contributed by atoms with Crippen LogP contribution in [-0.2, 0) is 17.6 Å². The van der Waals surface area contributed by atoms with Crippen molar-refractivity contribution in [1.29, 1.82) is 0 Å². The third kappa shape index (κ3) is 4.34. The number of aryl methyl sites for hydroxylation is 2. The fourth-order valence-electron chi connectivity index (χ4n) is 4.21. The van der Waals surface area contributed by atoms with Crippen molar-refractivity contribution in [2.45, 2.75) is 39.2 Å². The van der Waals surface area contributed by atoms with Crippen molar-refractivity contribution in [1.82, 2.24) is 14.9 Å². The number of nitrogens with zero attached hydrogens (tertiary/aromatic N) is 3. The van der Waals surface area contributed by atoms with Crippen LogP contribution in [0, 0.1) is 10.1 Å². The van der Waals surface area contributed by atoms with E-state index in [1.54, 1.807) is 16.7 Å². The summed E-state index contributed by atoms with van der Waals surface area (Å²) >= 11 is 0. The number of amides is 2. The molecular formula is C24H25N5O4. The van der Waals surface area contributed by atoms with Gasteiger partial charge in [-0.05, 0) is 36.1 Å². The van der Waals surface area contributed by atoms with Gasteiger partial charge in [0.05, 0.1) is 17.2 Å². The van der Waals surface area contributed by atoms with E-state index in [0.717, 1.165) is 29.7 Å². The summed E-state index contributed by atoms with van der Waals surface area (Å²) in [5, 5.41) is 16.9. The van der Waals surface area contributed by atoms with Crippen molar-refractivity contribution in [3.8, 4) is 11.4 Å². The summed E-state index contributed by atoms with van der Waals surface area (Å²) in [6.07, 6.45) is 3.22. The number of aromatic nitrogens is 2. The molecule has 2 amide bonds. The molecule has 2 heterocycles. The maximum Gasteiger partial charge on any atom is 0.269 e. The number of anilines is 1. The molecule has 0 saturated heterocycles. The predicted molar refractivity (Wildman–Crippen MR) is 124 cm³/mol. The molecule has 0 saturated carbocycles. The number of hydrogen-bond donors (Lipinski definition) is 2. The highest BCUT2D eigenvalue weighted by Gasteiger charge is 2.30. The number of fused-ring (bicyclic) bond motifs is 1. The second-order valence-electron chi connectivity index (χ2n) is 7.92. The third-order valence-corrected chi connectivity index (χ3v) is 5.91. The molecule has 0 spiro atoms. The Morgan fingerprint density at radius 2 is 1.85 bits per heavy atom. The van der Waals surface area contributed by atoms with E-state index in [0.29, 0.717) is 17.1 Å². The van der Waals surface area contributed by atoms with Crippen LogP contribution in [0.15, 0.2) is 48.7 Å². The molecule has 0 radical (unpaired) electrons. The molecule has 170 valence electrons. The minimum absolute atomic E-state index is 0.0286. The average molecular weight is 447 g/mol. The van der Waals surface area contributed by atoms with Crippen LogP contribution < -0.4 is 10.6 Å². The van der Waals surface area contributed by atoms with Crippen LogP contribution in [0.5, 0.6) is 0 Å². The number of benzene rings is 2. The Bertz CT molecular complexity index is 1190. The van der Waals surface area contributed by atoms with Crippen molar-refractivity contribution in [2.24, 2.45) is 0 Å². The van der Waals surface area contributed by atoms with Crippen LogP contribution in [-0.4, -0.2) is 32.8 Å². The number of para-hydroxylation sites is 1. The Hall–Kier alpha value is -4.01. The second-order valence-corrected chi connectivity index (χ2v) is 7.92. The molecule has 1 atom stereocenters. The maximum absolute atomic E-state index is 13.1. The number of carbonyl (C=O) groups is 2. The van der Waals surface area contributed by atoms with Crippen LogP contribution in [0.4, 0.5) is 11.4 Å². The standard InChI is InChI=1S/C24H25N5O4/c1-3-15-6-5-7-16(4-2)22(15)27-21(30)12-19-13-26-24(31)20-14-25-23(28(19)20)17-8-10-18(11-9-17)29(32)33/h5-11,14,19H,3-4,12-13H2,1-2H3,(H,26,31)(H,27,30). The number of nitro groups is 1. The molecular weight excluding hydrogens is 422 g/mol. The first-order valence-corrected chi connectivity index (χ1v) is 10.9. The molecule has 1 aliphatic rings. The van der Waals surface area contributed by atoms with Gasteiger partial charge in [-0.3, -0.25) is 19.7 Å². The van der Waals surface area contributed by atoms with E-state index in [9.17, 15) is 19.7 Å². The normalized spacial score (nSPS) is 15.0. The number of carbonyl (C=O) groups excluding carboxylic acids is 2. The molecule has 0 aliphatic carbocycles. The quantitative estimate of drug-likeness (QED) is 0.421. The van der Waals surface area contributed by atoms with Crippen LogP contribution in [0.25, 0.3) is 11.4 Å². The Labute approximate surface area is 191 Å². The molecule has 1 unspecified atom stereocenters. The van der Waals surface area contributed by atoms with E-state index in [1.807, 2.05) is 18.2 Å². The summed E-state index contributed by atoms with van der Waals surface area (Å²) in [6.45, 7) is 4.39. The van der Waals surface area contributed by atoms with Gasteiger partial charge in [0.2, 0.25) is 5.91 Å². The van der Waals surface area contributed by atoms with Gasteiger partial charge in [0.25, 0.3) is 11.6 Å². The smallest absolute Gasteiger partial charge is 0.269 e. The molecule has 1 aromatic heterocycles. The molecule has 0 bridgehead atoms. The van der Waals surface area contributed by atoms with Crippen LogP contribution in [0.1, 0.15) is 47.9 Å². The van der Waals surface area contributed by atoms with Gasteiger partial charge in [-0.2, -0.15) is 0 Å². The lowest BCUT2D eigenvalue weighted by atomic mass is 10.0. The Morgan fingerprint density at radius 3 is 2.45 bits per heavy atom. The Balaban J connectivity index is 1.62. The third-order valence-electron chi connectivity index (χ3n) is 5.91. The van der Waals surface area contributed by atoms with Crippen LogP contribution in [0.3, 0.4) is 0 Å². The van der Waals surface area contributed by atoms with Crippen LogP contribution >= 0.6 is 0 Å². The molecule has 4 rings (SSSR count). The van der Waals surface area contributed by atoms with Crippen molar-refractivity contribution in [2.75, 3.05) is 11.9 Å². The SMILES string of the molecule is CCc1cccc(CC)c1NC(=O)CC1CNC(=O)c2cnc(-c3ccc([N+](=O)[O-])cc3)n21. The molecule has 33 heavy (non-hydrogen) atoms. The first kappa shape index (κ1) is 22.2. The largest absolute Gasteiger partial charge is 0.349 e. The summed E-state index contributed by atoms with van der Waals surface area (Å²) in [6, 6.07) is 11.7. The number of hydrogen-bond acceptors (Lipinski definition) is 5. The minimum atomic E-state index is -0.468. The highest BCUT2D eigenvalue weighted by molar-refractivity contribution is 5.95. The maximum atomic E-state index is 13.1. The number of nitro benzene ring substituents is 1. The number of rotatable bonds is 7. The van der Waals surface area contributed by atoms with E-state index in [1.165, 1.54) is 18.3 Å². The van der Waals surface area contributed by atoms with E-state index in [2.05, 4.69) is 29.5 Å². The number of imidazole rings is 1. The van der Waals surface area contributed by atoms with Gasteiger partial charge in [0.15, 0.2) is 0 Å². The zero-order chi connectivity index (χ0) is 23.5. The van der Waals surface area contributed by atoms with Gasteiger partial charge in [-0.25, -0.2) is 4.98 Å². The van der Waals surface area contributed by atoms with Gasteiger partial charge >= 0.3 is 0 Å². The van der Waals surface area contributed by atoms with Gasteiger partial charge in [0.1, 0.15) is 11.5 Å². The summed E-state index contributed by atoms with van der Waals surface area (Å²) in [5.74, 6) is 0.0775. The fraction of sp³-hybridized carbons (Fsp3) is 0.292. The summed E-state index contributed by atoms with van der Waals surface area (Å²) in [4.78, 5) is 40.4. The molecule has 9 heteroatoms. The first-order chi connectivity index (χ1) is 15.9. The van der Waals surface area contributed by atoms with Gasteiger partial charge in [-0.15, -0.1) is 0 Å². The summed E-state index contributed by atoms with van der Waals surface area (Å²) in [7, 11) is 0. The van der Waals surface area contributed by atoms with Crippen molar-refractivity contribution in [3.05, 3.63) is 75.6 Å². The Morgan fingerprint density at radius 1 is 1.18 bits per heavy atom. The Kier molecular flexibility index (Phi) is 6.21. The molecule has 2 N–H and O–H groups in total. The van der Waals surface area contributed by atoms with E-state index in [4.69, 9.17) is 0 Å². The van der Waals surface area contributed by atoms with E-state index >= 15 is 0 Å². The van der Waals surface area contributed by atoms with Crippen molar-refractivity contribution in [3.63, 3.8) is 0 Å². The number of nitrogens with one attached hydrogen (secondary N) is 2. The molecule has 9 nitrogen and oxygen atoms in total. The van der Waals surface area contributed by atoms with Gasteiger partial charge in [0, 0.05) is 36.3 Å². The zero-order valence-electron chi connectivity index (χ0n) is 18.5. The van der Waals surface area contributed by atoms with Gasteiger partial charge in [-0.1, -0.05) is 32.0 Å². The fourth-order valence-corrected chi connectivity index (χ4v) is 4.21. The molecule has 0 fully saturated rings. The summed E-state index contributed by atoms with van der Waals surface area (Å²) in [5.41, 5.74) is 3.98. The number of non-ortho nitro benzene ring substituents is 1. The predicted octanol–water partition coefficient (Wildman–Crippen LogP) is 3.90. The highest BCUT2D eigenvalue weighted by atomic mass is 16.6. The first-order valence-electron chi connectivity index (χ1n) is 10.9. The lowest BCUT2D eigenvalue weighted by molar-refractivity contribution is -0.384. The monoisotopic (exact) mass is 447 g/mol. The van der Waals surface area contributed by atoms with E-state index < -0.39 is 4.92 Å². The molecule has 2 aromatic carbocycles. The van der Waals surface area contributed by atoms with Crippen molar-refractivity contribution < 1.29 is 14.5 Å². The molecule has 3 aromatic rings. The average Bonchev–Trinajstić information content (AvgIpc) is 3.27. The second kappa shape index (κ2) is 9.23. The molecule has 1 aliphatic heterocycles. The van der Waals surface area contributed by atoms with Gasteiger partial charge < -0.3 is 15.2 Å². The lowest BCUT2D eigenvalue weighted by Crippen LogP contribution is -2.40.